The topological polar surface area (TPSA) is 52.9 Å². The first-order valence-electron chi connectivity index (χ1n) is 8.50. The number of aliphatic hydroxyl groups is 2. The van der Waals surface area contributed by atoms with Gasteiger partial charge < -0.3 is 19.8 Å². The highest BCUT2D eigenvalue weighted by Crippen LogP contribution is 2.26. The van der Waals surface area contributed by atoms with Gasteiger partial charge in [0, 0.05) is 13.2 Å². The fourth-order valence-electron chi connectivity index (χ4n) is 3.53. The number of ether oxygens (including phenoxy) is 1. The van der Waals surface area contributed by atoms with Gasteiger partial charge in [-0.2, -0.15) is 0 Å². The molecule has 2 aliphatic rings. The molecule has 0 radical (unpaired) electrons. The number of fused-ring (bicyclic) bond motifs is 1. The molecular weight excluding hydrogens is 278 g/mol. The minimum absolute atomic E-state index is 0.290. The highest BCUT2D eigenvalue weighted by atomic mass is 16.5. The first-order chi connectivity index (χ1) is 10.7. The van der Waals surface area contributed by atoms with Crippen LogP contribution in [0.15, 0.2) is 18.2 Å². The summed E-state index contributed by atoms with van der Waals surface area (Å²) in [4.78, 5) is 2.27. The van der Waals surface area contributed by atoms with Crippen LogP contribution in [0.3, 0.4) is 0 Å². The number of likely N-dealkylation sites (tertiary alicyclic amines) is 1. The predicted molar refractivity (Wildman–Crippen MR) is 86.2 cm³/mol. The standard InChI is InChI=1S/C18H27NO3/c20-12-14-6-8-19(9-7-14)11-17(21)13-22-18-5-4-15-2-1-3-16(15)10-18/h4-5,10,14,17,20-21H,1-3,6-9,11-13H2. The monoisotopic (exact) mass is 305 g/mol. The summed E-state index contributed by atoms with van der Waals surface area (Å²) in [5, 5.41) is 19.3. The van der Waals surface area contributed by atoms with Crippen LogP contribution in [0.4, 0.5) is 0 Å². The Bertz CT molecular complexity index is 483. The Hall–Kier alpha value is -1.10. The summed E-state index contributed by atoms with van der Waals surface area (Å²) in [6.07, 6.45) is 5.16. The Morgan fingerprint density at radius 2 is 1.95 bits per heavy atom. The van der Waals surface area contributed by atoms with Crippen LogP contribution in [0.25, 0.3) is 0 Å². The molecule has 22 heavy (non-hydrogen) atoms. The number of hydrogen-bond acceptors (Lipinski definition) is 4. The van der Waals surface area contributed by atoms with Crippen LogP contribution in [0.5, 0.6) is 5.75 Å². The predicted octanol–water partition coefficient (Wildman–Crippen LogP) is 1.62. The van der Waals surface area contributed by atoms with E-state index < -0.39 is 6.10 Å². The lowest BCUT2D eigenvalue weighted by molar-refractivity contribution is 0.0488. The molecule has 0 aromatic heterocycles. The van der Waals surface area contributed by atoms with Gasteiger partial charge >= 0.3 is 0 Å². The fraction of sp³-hybridized carbons (Fsp3) is 0.667. The molecule has 1 aromatic rings. The number of piperidine rings is 1. The molecule has 4 nitrogen and oxygen atoms in total. The maximum atomic E-state index is 10.2. The summed E-state index contributed by atoms with van der Waals surface area (Å²) in [5.74, 6) is 1.31. The summed E-state index contributed by atoms with van der Waals surface area (Å²) >= 11 is 0. The van der Waals surface area contributed by atoms with E-state index in [1.165, 1.54) is 24.0 Å². The van der Waals surface area contributed by atoms with Crippen molar-refractivity contribution in [2.45, 2.75) is 38.2 Å². The molecule has 1 unspecified atom stereocenters. The maximum Gasteiger partial charge on any atom is 0.119 e. The van der Waals surface area contributed by atoms with E-state index in [0.717, 1.165) is 38.1 Å². The Morgan fingerprint density at radius 3 is 2.73 bits per heavy atom. The third-order valence-electron chi connectivity index (χ3n) is 4.95. The Kier molecular flexibility index (Phi) is 5.34. The van der Waals surface area contributed by atoms with Gasteiger partial charge in [0.1, 0.15) is 18.5 Å². The molecule has 1 saturated heterocycles. The summed E-state index contributed by atoms with van der Waals surface area (Å²) in [6.45, 7) is 3.21. The van der Waals surface area contributed by atoms with Gasteiger partial charge in [0.15, 0.2) is 0 Å². The summed E-state index contributed by atoms with van der Waals surface area (Å²) in [5.41, 5.74) is 2.85. The van der Waals surface area contributed by atoms with E-state index in [2.05, 4.69) is 17.0 Å². The number of aryl methyl sites for hydroxylation is 2. The van der Waals surface area contributed by atoms with Gasteiger partial charge in [0.05, 0.1) is 0 Å². The van der Waals surface area contributed by atoms with Crippen molar-refractivity contribution in [2.24, 2.45) is 5.92 Å². The minimum atomic E-state index is -0.459. The van der Waals surface area contributed by atoms with Crippen molar-refractivity contribution in [3.8, 4) is 5.75 Å². The van der Waals surface area contributed by atoms with Crippen molar-refractivity contribution in [3.05, 3.63) is 29.3 Å². The molecule has 1 aliphatic heterocycles. The van der Waals surface area contributed by atoms with Gasteiger partial charge in [-0.25, -0.2) is 0 Å². The highest BCUT2D eigenvalue weighted by molar-refractivity contribution is 5.38. The molecule has 4 heteroatoms. The van der Waals surface area contributed by atoms with E-state index in [4.69, 9.17) is 9.84 Å². The van der Waals surface area contributed by atoms with Crippen molar-refractivity contribution in [2.75, 3.05) is 32.8 Å². The zero-order valence-corrected chi connectivity index (χ0v) is 13.2. The molecule has 2 N–H and O–H groups in total. The van der Waals surface area contributed by atoms with E-state index >= 15 is 0 Å². The molecule has 0 amide bonds. The normalized spacial score (nSPS) is 20.8. The summed E-state index contributed by atoms with van der Waals surface area (Å²) < 4.78 is 5.76. The van der Waals surface area contributed by atoms with Crippen molar-refractivity contribution < 1.29 is 14.9 Å². The molecule has 1 aromatic carbocycles. The highest BCUT2D eigenvalue weighted by Gasteiger charge is 2.20. The fourth-order valence-corrected chi connectivity index (χ4v) is 3.53. The van der Waals surface area contributed by atoms with Crippen molar-refractivity contribution in [3.63, 3.8) is 0 Å². The molecule has 1 atom stereocenters. The summed E-state index contributed by atoms with van der Waals surface area (Å²) in [6, 6.07) is 6.30. The average Bonchev–Trinajstić information content (AvgIpc) is 3.01. The van der Waals surface area contributed by atoms with Gasteiger partial charge in [-0.3, -0.25) is 0 Å². The number of rotatable bonds is 6. The zero-order valence-electron chi connectivity index (χ0n) is 13.2. The van der Waals surface area contributed by atoms with Crippen LogP contribution >= 0.6 is 0 Å². The zero-order chi connectivity index (χ0) is 15.4. The first kappa shape index (κ1) is 15.8. The van der Waals surface area contributed by atoms with E-state index in [0.29, 0.717) is 19.1 Å². The Balaban J connectivity index is 1.42. The van der Waals surface area contributed by atoms with Gasteiger partial charge in [0.2, 0.25) is 0 Å². The SMILES string of the molecule is OCC1CCN(CC(O)COc2ccc3c(c2)CCC3)CC1. The van der Waals surface area contributed by atoms with Crippen LogP contribution in [0, 0.1) is 5.92 Å². The molecule has 3 rings (SSSR count). The van der Waals surface area contributed by atoms with Crippen molar-refractivity contribution in [1.29, 1.82) is 0 Å². The molecule has 1 heterocycles. The van der Waals surface area contributed by atoms with Crippen LogP contribution in [0.1, 0.15) is 30.4 Å². The molecule has 122 valence electrons. The lowest BCUT2D eigenvalue weighted by atomic mass is 9.98. The molecule has 1 aliphatic carbocycles. The van der Waals surface area contributed by atoms with E-state index in [1.54, 1.807) is 0 Å². The molecule has 0 spiro atoms. The Labute approximate surface area is 132 Å². The molecular formula is C18H27NO3. The minimum Gasteiger partial charge on any atom is -0.491 e. The van der Waals surface area contributed by atoms with Crippen LogP contribution < -0.4 is 4.74 Å². The number of nitrogens with zero attached hydrogens (tertiary/aromatic N) is 1. The van der Waals surface area contributed by atoms with Gasteiger partial charge in [-0.1, -0.05) is 6.07 Å². The third kappa shape index (κ3) is 4.00. The Morgan fingerprint density at radius 1 is 1.18 bits per heavy atom. The van der Waals surface area contributed by atoms with Crippen LogP contribution in [-0.2, 0) is 12.8 Å². The third-order valence-corrected chi connectivity index (χ3v) is 4.95. The van der Waals surface area contributed by atoms with Crippen LogP contribution in [-0.4, -0.2) is 54.1 Å². The lowest BCUT2D eigenvalue weighted by Crippen LogP contribution is -2.41. The number of aliphatic hydroxyl groups excluding tert-OH is 2. The van der Waals surface area contributed by atoms with E-state index in [9.17, 15) is 5.11 Å². The molecule has 0 bridgehead atoms. The maximum absolute atomic E-state index is 10.2. The van der Waals surface area contributed by atoms with Gasteiger partial charge in [-0.05, 0) is 74.4 Å². The summed E-state index contributed by atoms with van der Waals surface area (Å²) in [7, 11) is 0. The number of hydrogen-bond donors (Lipinski definition) is 2. The second-order valence-electron chi connectivity index (χ2n) is 6.68. The largest absolute Gasteiger partial charge is 0.491 e. The quantitative estimate of drug-likeness (QED) is 0.838. The molecule has 0 saturated carbocycles. The van der Waals surface area contributed by atoms with Gasteiger partial charge in [-0.15, -0.1) is 0 Å². The average molecular weight is 305 g/mol. The first-order valence-corrected chi connectivity index (χ1v) is 8.50. The lowest BCUT2D eigenvalue weighted by Gasteiger charge is -2.32. The second kappa shape index (κ2) is 7.44. The second-order valence-corrected chi connectivity index (χ2v) is 6.68. The molecule has 1 fully saturated rings. The number of benzene rings is 1. The van der Waals surface area contributed by atoms with E-state index in [1.807, 2.05) is 6.07 Å². The number of β-amino-alcohol motifs (C(OH)–C–C–N with tert-alkyl or cyclic N) is 1. The van der Waals surface area contributed by atoms with Crippen molar-refractivity contribution in [1.82, 2.24) is 4.90 Å². The van der Waals surface area contributed by atoms with Crippen molar-refractivity contribution >= 4 is 0 Å². The van der Waals surface area contributed by atoms with Crippen LogP contribution in [0.2, 0.25) is 0 Å². The van der Waals surface area contributed by atoms with Gasteiger partial charge in [0.25, 0.3) is 0 Å². The smallest absolute Gasteiger partial charge is 0.119 e. The van der Waals surface area contributed by atoms with E-state index in [-0.39, 0.29) is 6.61 Å².